The van der Waals surface area contributed by atoms with Gasteiger partial charge in [0.15, 0.2) is 0 Å². The van der Waals surface area contributed by atoms with Crippen molar-refractivity contribution in [2.45, 2.75) is 58.2 Å². The van der Waals surface area contributed by atoms with Crippen LogP contribution >= 0.6 is 0 Å². The second kappa shape index (κ2) is 11.4. The van der Waals surface area contributed by atoms with Crippen LogP contribution in [0.15, 0.2) is 47.9 Å². The first-order chi connectivity index (χ1) is 15.8. The molecule has 1 aromatic heterocycles. The highest BCUT2D eigenvalue weighted by Gasteiger charge is 2.48. The third-order valence-corrected chi connectivity index (χ3v) is 5.34. The third kappa shape index (κ3) is 7.08. The van der Waals surface area contributed by atoms with Gasteiger partial charge in [-0.25, -0.2) is 0 Å². The summed E-state index contributed by atoms with van der Waals surface area (Å²) in [7, 11) is -1.68. The predicted molar refractivity (Wildman–Crippen MR) is 124 cm³/mol. The van der Waals surface area contributed by atoms with Crippen LogP contribution in [0.1, 0.15) is 43.6 Å². The maximum absolute atomic E-state index is 13.3. The van der Waals surface area contributed by atoms with Gasteiger partial charge in [0.2, 0.25) is 5.60 Å². The molecule has 10 heteroatoms. The zero-order valence-electron chi connectivity index (χ0n) is 19.3. The lowest BCUT2D eigenvalue weighted by Crippen LogP contribution is -2.56. The molecular formula is C23H31BN4O5. The van der Waals surface area contributed by atoms with E-state index in [1.54, 1.807) is 12.4 Å². The van der Waals surface area contributed by atoms with E-state index in [2.05, 4.69) is 20.4 Å². The minimum absolute atomic E-state index is 0.164. The Bertz CT molecular complexity index is 940. The molecule has 2 heterocycles. The van der Waals surface area contributed by atoms with E-state index >= 15 is 0 Å². The molecule has 2 atom stereocenters. The number of oxime groups is 1. The molecule has 176 valence electrons. The lowest BCUT2D eigenvalue weighted by Gasteiger charge is -2.29. The van der Waals surface area contributed by atoms with Crippen LogP contribution in [0.2, 0.25) is 0 Å². The minimum atomic E-state index is -1.68. The molecule has 1 aromatic carbocycles. The second-order valence-electron chi connectivity index (χ2n) is 8.85. The number of aromatic nitrogens is 2. The molecule has 0 radical (unpaired) electrons. The molecule has 0 fully saturated rings. The fourth-order valence-electron chi connectivity index (χ4n) is 3.68. The van der Waals surface area contributed by atoms with Gasteiger partial charge in [-0.05, 0) is 24.8 Å². The normalized spacial score (nSPS) is 18.5. The zero-order valence-corrected chi connectivity index (χ0v) is 19.3. The number of ether oxygens (including phenoxy) is 1. The van der Waals surface area contributed by atoms with Crippen LogP contribution in [0, 0.1) is 12.8 Å². The van der Waals surface area contributed by atoms with Gasteiger partial charge in [0, 0.05) is 19.0 Å². The topological polar surface area (TPSA) is 126 Å². The Morgan fingerprint density at radius 3 is 2.61 bits per heavy atom. The number of carbonyl (C=O) groups is 1. The van der Waals surface area contributed by atoms with Gasteiger partial charge in [0.05, 0.1) is 42.5 Å². The van der Waals surface area contributed by atoms with Crippen molar-refractivity contribution in [2.24, 2.45) is 11.1 Å². The van der Waals surface area contributed by atoms with E-state index in [9.17, 15) is 14.8 Å². The van der Waals surface area contributed by atoms with Crippen molar-refractivity contribution >= 4 is 18.7 Å². The van der Waals surface area contributed by atoms with Gasteiger partial charge in [0.1, 0.15) is 0 Å². The van der Waals surface area contributed by atoms with Gasteiger partial charge in [-0.15, -0.1) is 0 Å². The summed E-state index contributed by atoms with van der Waals surface area (Å²) in [5.74, 6) is -1.08. The summed E-state index contributed by atoms with van der Waals surface area (Å²) in [5, 5.41) is 26.4. The van der Waals surface area contributed by atoms with Crippen molar-refractivity contribution in [1.29, 1.82) is 0 Å². The van der Waals surface area contributed by atoms with Crippen LogP contribution in [0.3, 0.4) is 0 Å². The highest BCUT2D eigenvalue weighted by atomic mass is 16.7. The van der Waals surface area contributed by atoms with E-state index in [-0.39, 0.29) is 32.0 Å². The van der Waals surface area contributed by atoms with Crippen LogP contribution in [0.5, 0.6) is 0 Å². The Hall–Kier alpha value is -2.82. The molecule has 9 nitrogen and oxygen atoms in total. The minimum Gasteiger partial charge on any atom is -0.426 e. The fraction of sp³-hybridized carbons (Fsp3) is 0.478. The van der Waals surface area contributed by atoms with Gasteiger partial charge in [-0.3, -0.25) is 14.8 Å². The molecule has 0 saturated heterocycles. The summed E-state index contributed by atoms with van der Waals surface area (Å²) in [6.07, 6.45) is 4.26. The molecule has 0 spiro atoms. The molecular weight excluding hydrogens is 423 g/mol. The molecule has 1 aliphatic rings. The first-order valence-electron chi connectivity index (χ1n) is 11.1. The number of benzene rings is 1. The van der Waals surface area contributed by atoms with E-state index in [4.69, 9.17) is 9.57 Å². The van der Waals surface area contributed by atoms with Gasteiger partial charge >= 0.3 is 7.12 Å². The molecule has 0 saturated carbocycles. The number of amides is 1. The lowest BCUT2D eigenvalue weighted by atomic mass is 9.74. The molecule has 2 aromatic rings. The summed E-state index contributed by atoms with van der Waals surface area (Å²) in [6, 6.07) is 9.51. The number of nitrogens with one attached hydrogen (secondary N) is 1. The van der Waals surface area contributed by atoms with Crippen LogP contribution in [0.4, 0.5) is 0 Å². The maximum Gasteiger partial charge on any atom is 0.475 e. The van der Waals surface area contributed by atoms with Crippen LogP contribution in [-0.2, 0) is 27.4 Å². The van der Waals surface area contributed by atoms with E-state index in [0.29, 0.717) is 17.8 Å². The van der Waals surface area contributed by atoms with Crippen molar-refractivity contribution in [1.82, 2.24) is 15.3 Å². The van der Waals surface area contributed by atoms with Crippen LogP contribution < -0.4 is 5.32 Å². The largest absolute Gasteiger partial charge is 0.475 e. The molecule has 1 aliphatic heterocycles. The summed E-state index contributed by atoms with van der Waals surface area (Å²) >= 11 is 0. The van der Waals surface area contributed by atoms with E-state index < -0.39 is 24.6 Å². The van der Waals surface area contributed by atoms with Gasteiger partial charge < -0.3 is 24.9 Å². The summed E-state index contributed by atoms with van der Waals surface area (Å²) in [5.41, 5.74) is 1.72. The smallest absolute Gasteiger partial charge is 0.426 e. The number of hydrogen-bond donors (Lipinski definition) is 3. The number of carbonyl (C=O) groups excluding carboxylic acids is 1. The monoisotopic (exact) mass is 454 g/mol. The average Bonchev–Trinajstić information content (AvgIpc) is 3.19. The molecule has 33 heavy (non-hydrogen) atoms. The summed E-state index contributed by atoms with van der Waals surface area (Å²) < 4.78 is 5.71. The molecule has 0 bridgehead atoms. The predicted octanol–water partition coefficient (Wildman–Crippen LogP) is 1.60. The van der Waals surface area contributed by atoms with Crippen molar-refractivity contribution in [2.75, 3.05) is 6.61 Å². The number of hydrogen-bond acceptors (Lipinski definition) is 8. The Labute approximate surface area is 194 Å². The van der Waals surface area contributed by atoms with E-state index in [1.807, 2.05) is 51.1 Å². The molecule has 3 N–H and O–H groups in total. The number of rotatable bonds is 11. The molecule has 1 unspecified atom stereocenters. The van der Waals surface area contributed by atoms with E-state index in [1.165, 1.54) is 0 Å². The second-order valence-corrected chi connectivity index (χ2v) is 8.85. The van der Waals surface area contributed by atoms with Crippen LogP contribution in [0.25, 0.3) is 0 Å². The fourth-order valence-corrected chi connectivity index (χ4v) is 3.68. The SMILES string of the molecule is Cc1cnc(COCC2=NOC(Cc3ccccc3)(C(=O)N[C@@H](CC(C)C)B(O)O)C2)cn1. The quantitative estimate of drug-likeness (QED) is 0.441. The Kier molecular flexibility index (Phi) is 8.54. The molecule has 3 rings (SSSR count). The average molecular weight is 454 g/mol. The van der Waals surface area contributed by atoms with E-state index in [0.717, 1.165) is 11.3 Å². The molecule has 1 amide bonds. The first kappa shape index (κ1) is 24.8. The molecule has 0 aliphatic carbocycles. The van der Waals surface area contributed by atoms with Gasteiger partial charge in [-0.2, -0.15) is 0 Å². The maximum atomic E-state index is 13.3. The Morgan fingerprint density at radius 2 is 1.97 bits per heavy atom. The van der Waals surface area contributed by atoms with Crippen molar-refractivity contribution in [3.05, 3.63) is 59.7 Å². The first-order valence-corrected chi connectivity index (χ1v) is 11.1. The van der Waals surface area contributed by atoms with Crippen molar-refractivity contribution < 1.29 is 24.4 Å². The van der Waals surface area contributed by atoms with Crippen molar-refractivity contribution in [3.63, 3.8) is 0 Å². The van der Waals surface area contributed by atoms with Gasteiger partial charge in [0.25, 0.3) is 5.91 Å². The Morgan fingerprint density at radius 1 is 1.21 bits per heavy atom. The highest BCUT2D eigenvalue weighted by Crippen LogP contribution is 2.29. The standard InChI is InChI=1S/C23H31BN4O5/c1-16(2)9-21(24(30)31)27-22(29)23(10-18-7-5-4-6-8-18)11-19(28-33-23)14-32-15-20-13-25-17(3)12-26-20/h4-8,12-13,16,21,30-31H,9-11,14-15H2,1-3H3,(H,27,29)/t21-,23?/m0/s1. The van der Waals surface area contributed by atoms with Gasteiger partial charge in [-0.1, -0.05) is 49.3 Å². The Balaban J connectivity index is 1.68. The lowest BCUT2D eigenvalue weighted by molar-refractivity contribution is -0.144. The third-order valence-electron chi connectivity index (χ3n) is 5.34. The summed E-state index contributed by atoms with van der Waals surface area (Å²) in [4.78, 5) is 27.5. The highest BCUT2D eigenvalue weighted by molar-refractivity contribution is 6.43. The zero-order chi connectivity index (χ0) is 23.8. The summed E-state index contributed by atoms with van der Waals surface area (Å²) in [6.45, 7) is 6.20. The van der Waals surface area contributed by atoms with Crippen molar-refractivity contribution in [3.8, 4) is 0 Å². The number of aryl methyl sites for hydroxylation is 1. The van der Waals surface area contributed by atoms with Crippen LogP contribution in [-0.4, -0.2) is 56.9 Å². The number of nitrogens with zero attached hydrogens (tertiary/aromatic N) is 3.